The Kier molecular flexibility index (Phi) is 4.84. The minimum Gasteiger partial charge on any atom is -0.338 e. The number of hydrogen-bond donors (Lipinski definition) is 1. The van der Waals surface area contributed by atoms with Crippen LogP contribution in [0, 0.1) is 5.92 Å². The van der Waals surface area contributed by atoms with Gasteiger partial charge in [0.1, 0.15) is 0 Å². The van der Waals surface area contributed by atoms with Crippen LogP contribution in [0.5, 0.6) is 0 Å². The van der Waals surface area contributed by atoms with Crippen molar-refractivity contribution < 1.29 is 4.79 Å². The van der Waals surface area contributed by atoms with Gasteiger partial charge in [-0.2, -0.15) is 0 Å². The highest BCUT2D eigenvalue weighted by Gasteiger charge is 2.30. The lowest BCUT2D eigenvalue weighted by atomic mass is 9.95. The van der Waals surface area contributed by atoms with E-state index in [2.05, 4.69) is 4.90 Å². The van der Waals surface area contributed by atoms with Gasteiger partial charge < -0.3 is 10.6 Å². The summed E-state index contributed by atoms with van der Waals surface area (Å²) in [5.74, 6) is 0.701. The van der Waals surface area contributed by atoms with Crippen LogP contribution in [-0.2, 0) is 4.79 Å². The van der Waals surface area contributed by atoms with Gasteiger partial charge in [0.25, 0.3) is 0 Å². The Balaban J connectivity index is 1.96. The topological polar surface area (TPSA) is 46.3 Å². The lowest BCUT2D eigenvalue weighted by molar-refractivity contribution is -0.139. The molecule has 1 aliphatic heterocycles. The van der Waals surface area contributed by atoms with Crippen LogP contribution in [0.3, 0.4) is 0 Å². The summed E-state index contributed by atoms with van der Waals surface area (Å²) in [6.45, 7) is 1.58. The summed E-state index contributed by atoms with van der Waals surface area (Å²) < 4.78 is 0. The lowest BCUT2D eigenvalue weighted by Crippen LogP contribution is -2.49. The molecule has 2 N–H and O–H groups in total. The maximum Gasteiger partial charge on any atom is 0.225 e. The number of piperidine rings is 1. The van der Waals surface area contributed by atoms with Crippen molar-refractivity contribution in [2.24, 2.45) is 11.7 Å². The molecule has 3 nitrogen and oxygen atoms in total. The Labute approximate surface area is 105 Å². The van der Waals surface area contributed by atoms with Gasteiger partial charge in [-0.1, -0.05) is 25.7 Å². The molecule has 98 valence electrons. The van der Waals surface area contributed by atoms with Gasteiger partial charge in [-0.05, 0) is 32.1 Å². The number of rotatable bonds is 2. The molecule has 0 bridgehead atoms. The van der Waals surface area contributed by atoms with Crippen molar-refractivity contribution in [2.45, 2.75) is 63.8 Å². The molecule has 2 aliphatic rings. The van der Waals surface area contributed by atoms with Crippen molar-refractivity contribution >= 4 is 5.91 Å². The van der Waals surface area contributed by atoms with E-state index in [1.807, 2.05) is 0 Å². The Morgan fingerprint density at radius 2 is 1.65 bits per heavy atom. The molecule has 1 heterocycles. The first kappa shape index (κ1) is 12.9. The zero-order valence-electron chi connectivity index (χ0n) is 10.9. The maximum absolute atomic E-state index is 12.5. The van der Waals surface area contributed by atoms with Gasteiger partial charge in [0, 0.05) is 25.0 Å². The number of nitrogens with zero attached hydrogens (tertiary/aromatic N) is 1. The van der Waals surface area contributed by atoms with Crippen molar-refractivity contribution in [3.05, 3.63) is 0 Å². The number of likely N-dealkylation sites (tertiary alicyclic amines) is 1. The zero-order valence-corrected chi connectivity index (χ0v) is 10.9. The minimum absolute atomic E-state index is 0.296. The first-order valence-electron chi connectivity index (χ1n) is 7.33. The molecule has 1 aliphatic carbocycles. The average Bonchev–Trinajstić information content (AvgIpc) is 2.66. The fourth-order valence-corrected chi connectivity index (χ4v) is 3.30. The molecular weight excluding hydrogens is 212 g/mol. The van der Waals surface area contributed by atoms with Crippen molar-refractivity contribution in [3.8, 4) is 0 Å². The second kappa shape index (κ2) is 6.39. The third-order valence-corrected chi connectivity index (χ3v) is 4.39. The van der Waals surface area contributed by atoms with Gasteiger partial charge in [0.15, 0.2) is 0 Å². The largest absolute Gasteiger partial charge is 0.338 e. The molecule has 1 saturated carbocycles. The van der Waals surface area contributed by atoms with Crippen LogP contribution in [0.25, 0.3) is 0 Å². The number of carbonyl (C=O) groups is 1. The normalized spacial score (nSPS) is 27.8. The number of nitrogens with two attached hydrogens (primary N) is 1. The summed E-state index contributed by atoms with van der Waals surface area (Å²) in [5.41, 5.74) is 5.80. The predicted molar refractivity (Wildman–Crippen MR) is 69.6 cm³/mol. The molecule has 0 radical (unpaired) electrons. The molecule has 0 aromatic heterocycles. The number of amides is 1. The monoisotopic (exact) mass is 238 g/mol. The summed E-state index contributed by atoms with van der Waals surface area (Å²) in [7, 11) is 0. The van der Waals surface area contributed by atoms with E-state index in [1.165, 1.54) is 32.1 Å². The fourth-order valence-electron chi connectivity index (χ4n) is 3.30. The summed E-state index contributed by atoms with van der Waals surface area (Å²) in [6.07, 6.45) is 10.8. The quantitative estimate of drug-likeness (QED) is 0.750. The number of hydrogen-bond acceptors (Lipinski definition) is 2. The predicted octanol–water partition coefficient (Wildman–Crippen LogP) is 2.30. The fraction of sp³-hybridized carbons (Fsp3) is 0.929. The Morgan fingerprint density at radius 1 is 1.00 bits per heavy atom. The van der Waals surface area contributed by atoms with E-state index >= 15 is 0 Å². The molecule has 2 fully saturated rings. The number of carbonyl (C=O) groups excluding carboxylic acids is 1. The van der Waals surface area contributed by atoms with Gasteiger partial charge in [0.2, 0.25) is 5.91 Å². The molecule has 1 saturated heterocycles. The van der Waals surface area contributed by atoms with E-state index < -0.39 is 0 Å². The molecule has 17 heavy (non-hydrogen) atoms. The minimum atomic E-state index is 0.296. The third-order valence-electron chi connectivity index (χ3n) is 4.39. The highest BCUT2D eigenvalue weighted by atomic mass is 16.2. The van der Waals surface area contributed by atoms with E-state index in [4.69, 9.17) is 5.73 Å². The van der Waals surface area contributed by atoms with Gasteiger partial charge in [-0.3, -0.25) is 4.79 Å². The maximum atomic E-state index is 12.5. The van der Waals surface area contributed by atoms with Crippen LogP contribution in [-0.4, -0.2) is 29.9 Å². The summed E-state index contributed by atoms with van der Waals surface area (Å²) in [4.78, 5) is 14.6. The molecule has 0 aromatic rings. The molecular formula is C14H26N2O. The smallest absolute Gasteiger partial charge is 0.225 e. The molecule has 1 atom stereocenters. The second-order valence-electron chi connectivity index (χ2n) is 5.61. The van der Waals surface area contributed by atoms with Gasteiger partial charge in [-0.15, -0.1) is 0 Å². The van der Waals surface area contributed by atoms with Crippen LogP contribution in [0.15, 0.2) is 0 Å². The average molecular weight is 238 g/mol. The highest BCUT2D eigenvalue weighted by molar-refractivity contribution is 5.79. The standard InChI is InChI=1S/C14H26N2O/c15-11-13-9-5-6-10-16(13)14(17)12-7-3-1-2-4-8-12/h12-13H,1-11,15H2. The van der Waals surface area contributed by atoms with Crippen LogP contribution in [0.4, 0.5) is 0 Å². The van der Waals surface area contributed by atoms with Gasteiger partial charge in [-0.25, -0.2) is 0 Å². The third kappa shape index (κ3) is 3.21. The van der Waals surface area contributed by atoms with E-state index in [1.54, 1.807) is 0 Å². The molecule has 0 spiro atoms. The van der Waals surface area contributed by atoms with E-state index in [9.17, 15) is 4.79 Å². The summed E-state index contributed by atoms with van der Waals surface area (Å²) in [5, 5.41) is 0. The van der Waals surface area contributed by atoms with Gasteiger partial charge >= 0.3 is 0 Å². The van der Waals surface area contributed by atoms with Crippen LogP contribution >= 0.6 is 0 Å². The molecule has 3 heteroatoms. The highest BCUT2D eigenvalue weighted by Crippen LogP contribution is 2.27. The summed E-state index contributed by atoms with van der Waals surface area (Å²) in [6, 6.07) is 0.319. The van der Waals surface area contributed by atoms with Crippen LogP contribution in [0.2, 0.25) is 0 Å². The summed E-state index contributed by atoms with van der Waals surface area (Å²) >= 11 is 0. The Morgan fingerprint density at radius 3 is 2.29 bits per heavy atom. The van der Waals surface area contributed by atoms with Crippen molar-refractivity contribution in [1.82, 2.24) is 4.90 Å². The SMILES string of the molecule is NCC1CCCCN1C(=O)C1CCCCCC1. The van der Waals surface area contributed by atoms with E-state index in [0.717, 1.165) is 32.2 Å². The van der Waals surface area contributed by atoms with Crippen LogP contribution < -0.4 is 5.73 Å². The lowest BCUT2D eigenvalue weighted by Gasteiger charge is -2.37. The molecule has 0 aromatic carbocycles. The Hall–Kier alpha value is -0.570. The van der Waals surface area contributed by atoms with E-state index in [0.29, 0.717) is 24.4 Å². The van der Waals surface area contributed by atoms with Crippen molar-refractivity contribution in [3.63, 3.8) is 0 Å². The molecule has 1 amide bonds. The first-order chi connectivity index (χ1) is 8.33. The van der Waals surface area contributed by atoms with E-state index in [-0.39, 0.29) is 0 Å². The van der Waals surface area contributed by atoms with Crippen LogP contribution in [0.1, 0.15) is 57.8 Å². The zero-order chi connectivity index (χ0) is 12.1. The van der Waals surface area contributed by atoms with Crippen molar-refractivity contribution in [1.29, 1.82) is 0 Å². The van der Waals surface area contributed by atoms with Gasteiger partial charge in [0.05, 0.1) is 0 Å². The Bertz CT molecular complexity index is 247. The van der Waals surface area contributed by atoms with Crippen molar-refractivity contribution in [2.75, 3.05) is 13.1 Å². The second-order valence-corrected chi connectivity index (χ2v) is 5.61. The molecule has 1 unspecified atom stereocenters. The first-order valence-corrected chi connectivity index (χ1v) is 7.33. The molecule has 2 rings (SSSR count).